The third-order valence-corrected chi connectivity index (χ3v) is 3.33. The van der Waals surface area contributed by atoms with Crippen molar-refractivity contribution < 1.29 is 13.9 Å². The smallest absolute Gasteiger partial charge is 0.255 e. The molecular weight excluding hydrogens is 325 g/mol. The number of anilines is 1. The number of halogens is 2. The molecular formula is C15H13BrFNO2. The number of nitrogens with one attached hydrogen (secondary N) is 1. The SMILES string of the molecule is COc1ccc(C(=O)Nc2ccc(Br)cc2F)cc1C. The number of carbonyl (C=O) groups excluding carboxylic acids is 1. The Morgan fingerprint density at radius 3 is 2.60 bits per heavy atom. The third-order valence-electron chi connectivity index (χ3n) is 2.84. The number of hydrogen-bond acceptors (Lipinski definition) is 2. The van der Waals surface area contributed by atoms with Crippen molar-refractivity contribution >= 4 is 27.5 Å². The van der Waals surface area contributed by atoms with Crippen LogP contribution in [0.5, 0.6) is 5.75 Å². The number of hydrogen-bond donors (Lipinski definition) is 1. The monoisotopic (exact) mass is 337 g/mol. The van der Waals surface area contributed by atoms with E-state index in [9.17, 15) is 9.18 Å². The highest BCUT2D eigenvalue weighted by Crippen LogP contribution is 2.22. The summed E-state index contributed by atoms with van der Waals surface area (Å²) in [5, 5.41) is 2.54. The van der Waals surface area contributed by atoms with E-state index in [1.807, 2.05) is 6.92 Å². The predicted molar refractivity (Wildman–Crippen MR) is 79.8 cm³/mol. The maximum Gasteiger partial charge on any atom is 0.255 e. The number of carbonyl (C=O) groups is 1. The molecule has 104 valence electrons. The van der Waals surface area contributed by atoms with E-state index in [2.05, 4.69) is 21.2 Å². The van der Waals surface area contributed by atoms with E-state index in [-0.39, 0.29) is 11.6 Å². The van der Waals surface area contributed by atoms with E-state index in [4.69, 9.17) is 4.74 Å². The summed E-state index contributed by atoms with van der Waals surface area (Å²) >= 11 is 3.17. The summed E-state index contributed by atoms with van der Waals surface area (Å²) in [6.45, 7) is 1.84. The normalized spacial score (nSPS) is 10.2. The molecule has 0 unspecified atom stereocenters. The lowest BCUT2D eigenvalue weighted by molar-refractivity contribution is 0.102. The molecule has 0 aliphatic carbocycles. The first-order chi connectivity index (χ1) is 9.51. The van der Waals surface area contributed by atoms with Crippen molar-refractivity contribution in [3.05, 3.63) is 57.8 Å². The zero-order chi connectivity index (χ0) is 14.7. The first-order valence-electron chi connectivity index (χ1n) is 5.92. The number of aryl methyl sites for hydroxylation is 1. The molecule has 1 amide bonds. The highest BCUT2D eigenvalue weighted by Gasteiger charge is 2.11. The predicted octanol–water partition coefficient (Wildman–Crippen LogP) is 4.16. The van der Waals surface area contributed by atoms with Crippen LogP contribution in [0.25, 0.3) is 0 Å². The van der Waals surface area contributed by atoms with Gasteiger partial charge >= 0.3 is 0 Å². The fourth-order valence-electron chi connectivity index (χ4n) is 1.81. The van der Waals surface area contributed by atoms with Crippen LogP contribution in [0.2, 0.25) is 0 Å². The first-order valence-corrected chi connectivity index (χ1v) is 6.71. The van der Waals surface area contributed by atoms with Crippen molar-refractivity contribution in [2.75, 3.05) is 12.4 Å². The Hall–Kier alpha value is -1.88. The summed E-state index contributed by atoms with van der Waals surface area (Å²) in [5.74, 6) is -0.147. The second kappa shape index (κ2) is 6.05. The van der Waals surface area contributed by atoms with Crippen LogP contribution in [0, 0.1) is 12.7 Å². The quantitative estimate of drug-likeness (QED) is 0.913. The molecule has 2 aromatic carbocycles. The molecule has 0 atom stereocenters. The fraction of sp³-hybridized carbons (Fsp3) is 0.133. The Morgan fingerprint density at radius 1 is 1.25 bits per heavy atom. The lowest BCUT2D eigenvalue weighted by Gasteiger charge is -2.09. The molecule has 1 N–H and O–H groups in total. The Labute approximate surface area is 124 Å². The molecule has 0 aromatic heterocycles. The van der Waals surface area contributed by atoms with Crippen molar-refractivity contribution in [3.8, 4) is 5.75 Å². The van der Waals surface area contributed by atoms with Gasteiger partial charge in [-0.25, -0.2) is 4.39 Å². The molecule has 3 nitrogen and oxygen atoms in total. The molecule has 0 heterocycles. The van der Waals surface area contributed by atoms with Gasteiger partial charge in [0.25, 0.3) is 5.91 Å². The van der Waals surface area contributed by atoms with Crippen molar-refractivity contribution in [2.45, 2.75) is 6.92 Å². The van der Waals surface area contributed by atoms with E-state index in [0.717, 1.165) is 5.56 Å². The summed E-state index contributed by atoms with van der Waals surface area (Å²) < 4.78 is 19.4. The summed E-state index contributed by atoms with van der Waals surface area (Å²) in [5.41, 5.74) is 1.44. The van der Waals surface area contributed by atoms with Crippen LogP contribution in [0.15, 0.2) is 40.9 Å². The van der Waals surface area contributed by atoms with Crippen molar-refractivity contribution in [2.24, 2.45) is 0 Å². The minimum absolute atomic E-state index is 0.145. The fourth-order valence-corrected chi connectivity index (χ4v) is 2.14. The minimum Gasteiger partial charge on any atom is -0.496 e. The van der Waals surface area contributed by atoms with Crippen molar-refractivity contribution in [3.63, 3.8) is 0 Å². The lowest BCUT2D eigenvalue weighted by atomic mass is 10.1. The Balaban J connectivity index is 2.21. The minimum atomic E-state index is -0.488. The van der Waals surface area contributed by atoms with E-state index in [0.29, 0.717) is 15.8 Å². The molecule has 2 aromatic rings. The van der Waals surface area contributed by atoms with E-state index >= 15 is 0 Å². The molecule has 0 radical (unpaired) electrons. The molecule has 0 spiro atoms. The zero-order valence-corrected chi connectivity index (χ0v) is 12.6. The molecule has 0 fully saturated rings. The van der Waals surface area contributed by atoms with Crippen LogP contribution in [0.1, 0.15) is 15.9 Å². The second-order valence-electron chi connectivity index (χ2n) is 4.26. The van der Waals surface area contributed by atoms with Gasteiger partial charge < -0.3 is 10.1 Å². The second-order valence-corrected chi connectivity index (χ2v) is 5.18. The summed E-state index contributed by atoms with van der Waals surface area (Å²) in [6, 6.07) is 9.52. The highest BCUT2D eigenvalue weighted by atomic mass is 79.9. The highest BCUT2D eigenvalue weighted by molar-refractivity contribution is 9.10. The van der Waals surface area contributed by atoms with Gasteiger partial charge in [-0.3, -0.25) is 4.79 Å². The summed E-state index contributed by atoms with van der Waals surface area (Å²) in [6.07, 6.45) is 0. The summed E-state index contributed by atoms with van der Waals surface area (Å²) in [4.78, 5) is 12.1. The van der Waals surface area contributed by atoms with E-state index in [1.165, 1.54) is 12.1 Å². The topological polar surface area (TPSA) is 38.3 Å². The molecule has 0 aliphatic heterocycles. The van der Waals surface area contributed by atoms with Crippen LogP contribution in [0.3, 0.4) is 0 Å². The average molecular weight is 338 g/mol. The largest absolute Gasteiger partial charge is 0.496 e. The molecule has 0 saturated heterocycles. The van der Waals surface area contributed by atoms with Crippen LogP contribution in [-0.2, 0) is 0 Å². The molecule has 2 rings (SSSR count). The van der Waals surface area contributed by atoms with Crippen LogP contribution in [-0.4, -0.2) is 13.0 Å². The van der Waals surface area contributed by atoms with Crippen LogP contribution < -0.4 is 10.1 Å². The van der Waals surface area contributed by atoms with Gasteiger partial charge in [-0.15, -0.1) is 0 Å². The van der Waals surface area contributed by atoms with Crippen LogP contribution >= 0.6 is 15.9 Å². The van der Waals surface area contributed by atoms with Gasteiger partial charge in [0.2, 0.25) is 0 Å². The van der Waals surface area contributed by atoms with Gasteiger partial charge in [-0.2, -0.15) is 0 Å². The Morgan fingerprint density at radius 2 is 2.00 bits per heavy atom. The van der Waals surface area contributed by atoms with E-state index < -0.39 is 5.82 Å². The molecule has 0 aliphatic rings. The maximum atomic E-state index is 13.7. The van der Waals surface area contributed by atoms with Gasteiger partial charge in [-0.1, -0.05) is 15.9 Å². The average Bonchev–Trinajstić information content (AvgIpc) is 2.41. The van der Waals surface area contributed by atoms with Gasteiger partial charge in [0.05, 0.1) is 12.8 Å². The number of ether oxygens (including phenoxy) is 1. The Kier molecular flexibility index (Phi) is 4.39. The van der Waals surface area contributed by atoms with Crippen molar-refractivity contribution in [1.29, 1.82) is 0 Å². The number of amides is 1. The van der Waals surface area contributed by atoms with Crippen molar-refractivity contribution in [1.82, 2.24) is 0 Å². The maximum absolute atomic E-state index is 13.7. The standard InChI is InChI=1S/C15H13BrFNO2/c1-9-7-10(3-6-14(9)20-2)15(19)18-13-5-4-11(16)8-12(13)17/h3-8H,1-2H3,(H,18,19). The molecule has 5 heteroatoms. The van der Waals surface area contributed by atoms with Gasteiger partial charge in [0, 0.05) is 10.0 Å². The van der Waals surface area contributed by atoms with Gasteiger partial charge in [-0.05, 0) is 48.9 Å². The third kappa shape index (κ3) is 3.17. The number of benzene rings is 2. The summed E-state index contributed by atoms with van der Waals surface area (Å²) in [7, 11) is 1.57. The van der Waals surface area contributed by atoms with Gasteiger partial charge in [0.1, 0.15) is 11.6 Å². The molecule has 20 heavy (non-hydrogen) atoms. The number of methoxy groups -OCH3 is 1. The van der Waals surface area contributed by atoms with Gasteiger partial charge in [0.15, 0.2) is 0 Å². The zero-order valence-electron chi connectivity index (χ0n) is 11.0. The first kappa shape index (κ1) is 14.5. The lowest BCUT2D eigenvalue weighted by Crippen LogP contribution is -2.13. The molecule has 0 bridgehead atoms. The Bertz CT molecular complexity index is 658. The molecule has 0 saturated carbocycles. The van der Waals surface area contributed by atoms with Crippen LogP contribution in [0.4, 0.5) is 10.1 Å². The number of rotatable bonds is 3. The van der Waals surface area contributed by atoms with E-state index in [1.54, 1.807) is 31.4 Å².